The van der Waals surface area contributed by atoms with Gasteiger partial charge in [0.05, 0.1) is 0 Å². The van der Waals surface area contributed by atoms with E-state index in [9.17, 15) is 0 Å². The maximum atomic E-state index is 2.50. The second kappa shape index (κ2) is 7.28. The second-order valence-corrected chi connectivity index (χ2v) is 5.88. The first-order valence-corrected chi connectivity index (χ1v) is 6.58. The van der Waals surface area contributed by atoms with Gasteiger partial charge in [0, 0.05) is 0 Å². The molecule has 0 spiro atoms. The zero-order chi connectivity index (χ0) is 9.10. The molecule has 0 saturated carbocycles. The van der Waals surface area contributed by atoms with Crippen LogP contribution in [0.15, 0.2) is 41.7 Å². The quantitative estimate of drug-likeness (QED) is 0.671. The van der Waals surface area contributed by atoms with Crippen molar-refractivity contribution in [3.8, 4) is 0 Å². The van der Waals surface area contributed by atoms with Crippen LogP contribution in [0.25, 0.3) is 0 Å². The first-order chi connectivity index (χ1) is 6.34. The molecule has 0 fully saturated rings. The summed E-state index contributed by atoms with van der Waals surface area (Å²) in [7, 11) is 0.177. The maximum absolute atomic E-state index is 2.50. The van der Waals surface area contributed by atoms with Gasteiger partial charge < -0.3 is 0 Å². The molecular formula is C12H17Cl2P. The van der Waals surface area contributed by atoms with E-state index in [1.165, 1.54) is 24.3 Å². The lowest BCUT2D eigenvalue weighted by Gasteiger charge is -2.07. The molecule has 1 unspecified atom stereocenters. The molecule has 0 N–H and O–H groups in total. The van der Waals surface area contributed by atoms with Crippen molar-refractivity contribution in [1.82, 2.24) is 0 Å². The van der Waals surface area contributed by atoms with E-state index >= 15 is 0 Å². The molecule has 2 rings (SSSR count). The largest absolute Gasteiger partial charge is 0.147 e. The molecule has 1 aliphatic rings. The Labute approximate surface area is 106 Å². The third kappa shape index (κ3) is 4.55. The van der Waals surface area contributed by atoms with Gasteiger partial charge in [0.15, 0.2) is 0 Å². The van der Waals surface area contributed by atoms with Crippen LogP contribution >= 0.6 is 32.7 Å². The number of benzene rings is 1. The summed E-state index contributed by atoms with van der Waals surface area (Å²) in [6, 6.07) is 10.8. The first-order valence-electron chi connectivity index (χ1n) is 4.80. The number of rotatable bonds is 2. The Morgan fingerprint density at radius 3 is 2.33 bits per heavy atom. The summed E-state index contributed by atoms with van der Waals surface area (Å²) < 4.78 is 0. The molecule has 1 atom stereocenters. The van der Waals surface area contributed by atoms with Crippen LogP contribution in [-0.4, -0.2) is 6.16 Å². The van der Waals surface area contributed by atoms with Gasteiger partial charge in [0.2, 0.25) is 0 Å². The molecule has 1 aliphatic heterocycles. The van der Waals surface area contributed by atoms with Gasteiger partial charge in [-0.3, -0.25) is 0 Å². The molecule has 0 bridgehead atoms. The highest BCUT2D eigenvalue weighted by Gasteiger charge is 2.12. The van der Waals surface area contributed by atoms with E-state index in [2.05, 4.69) is 43.1 Å². The SMILES string of the molecule is CC1=CP(Cc2ccccc2)CC1.Cl.Cl. The van der Waals surface area contributed by atoms with Gasteiger partial charge in [0.25, 0.3) is 0 Å². The predicted molar refractivity (Wildman–Crippen MR) is 74.8 cm³/mol. The fourth-order valence-corrected chi connectivity index (χ4v) is 4.15. The van der Waals surface area contributed by atoms with E-state index in [-0.39, 0.29) is 32.7 Å². The monoisotopic (exact) mass is 262 g/mol. The van der Waals surface area contributed by atoms with Crippen LogP contribution < -0.4 is 0 Å². The van der Waals surface area contributed by atoms with Gasteiger partial charge in [-0.1, -0.05) is 49.6 Å². The molecule has 0 radical (unpaired) electrons. The molecule has 0 nitrogen and oxygen atoms in total. The highest BCUT2D eigenvalue weighted by Crippen LogP contribution is 2.48. The molecule has 1 aromatic carbocycles. The minimum absolute atomic E-state index is 0. The van der Waals surface area contributed by atoms with E-state index in [1.54, 1.807) is 5.57 Å². The fraction of sp³-hybridized carbons (Fsp3) is 0.333. The molecule has 0 amide bonds. The Balaban J connectivity index is 0.000000980. The van der Waals surface area contributed by atoms with Crippen LogP contribution in [0.5, 0.6) is 0 Å². The van der Waals surface area contributed by atoms with E-state index in [4.69, 9.17) is 0 Å². The van der Waals surface area contributed by atoms with Crippen LogP contribution in [0.2, 0.25) is 0 Å². The van der Waals surface area contributed by atoms with E-state index in [1.807, 2.05) is 0 Å². The summed E-state index contributed by atoms with van der Waals surface area (Å²) in [4.78, 5) is 0. The number of allylic oxidation sites excluding steroid dienone is 1. The van der Waals surface area contributed by atoms with Gasteiger partial charge in [-0.2, -0.15) is 0 Å². The maximum Gasteiger partial charge on any atom is -0.00384 e. The fourth-order valence-electron chi connectivity index (χ4n) is 1.70. The predicted octanol–water partition coefficient (Wildman–Crippen LogP) is 4.82. The Morgan fingerprint density at radius 1 is 1.13 bits per heavy atom. The summed E-state index contributed by atoms with van der Waals surface area (Å²) >= 11 is 0. The molecular weight excluding hydrogens is 246 g/mol. The van der Waals surface area contributed by atoms with Crippen LogP contribution in [0.3, 0.4) is 0 Å². The Hall–Kier alpha value is -0.0300. The van der Waals surface area contributed by atoms with E-state index in [0.29, 0.717) is 0 Å². The van der Waals surface area contributed by atoms with Crippen molar-refractivity contribution < 1.29 is 0 Å². The lowest BCUT2D eigenvalue weighted by Crippen LogP contribution is -1.82. The third-order valence-electron chi connectivity index (χ3n) is 2.42. The normalized spacial score (nSPS) is 18.7. The zero-order valence-electron chi connectivity index (χ0n) is 8.85. The van der Waals surface area contributed by atoms with Crippen molar-refractivity contribution >= 4 is 32.7 Å². The van der Waals surface area contributed by atoms with Crippen LogP contribution in [-0.2, 0) is 6.16 Å². The van der Waals surface area contributed by atoms with Crippen molar-refractivity contribution in [1.29, 1.82) is 0 Å². The van der Waals surface area contributed by atoms with Crippen LogP contribution in [0.4, 0.5) is 0 Å². The van der Waals surface area contributed by atoms with Crippen LogP contribution in [0.1, 0.15) is 18.9 Å². The van der Waals surface area contributed by atoms with Gasteiger partial charge >= 0.3 is 0 Å². The summed E-state index contributed by atoms with van der Waals surface area (Å²) in [5, 5.41) is 0. The van der Waals surface area contributed by atoms with E-state index < -0.39 is 0 Å². The molecule has 3 heteroatoms. The number of hydrogen-bond acceptors (Lipinski definition) is 0. The van der Waals surface area contributed by atoms with Crippen LogP contribution in [0, 0.1) is 0 Å². The van der Waals surface area contributed by atoms with E-state index in [0.717, 1.165) is 0 Å². The Morgan fingerprint density at radius 2 is 1.80 bits per heavy atom. The van der Waals surface area contributed by atoms with Gasteiger partial charge in [-0.05, 0) is 31.2 Å². The van der Waals surface area contributed by atoms with Crippen molar-refractivity contribution in [2.45, 2.75) is 19.5 Å². The highest BCUT2D eigenvalue weighted by molar-refractivity contribution is 7.60. The number of hydrogen-bond donors (Lipinski definition) is 0. The average molecular weight is 263 g/mol. The first kappa shape index (κ1) is 15.0. The molecule has 15 heavy (non-hydrogen) atoms. The lowest BCUT2D eigenvalue weighted by atomic mass is 10.2. The molecule has 0 aliphatic carbocycles. The van der Waals surface area contributed by atoms with Gasteiger partial charge in [-0.25, -0.2) is 0 Å². The lowest BCUT2D eigenvalue weighted by molar-refractivity contribution is 1.14. The molecule has 0 aromatic heterocycles. The van der Waals surface area contributed by atoms with Crippen molar-refractivity contribution in [2.75, 3.05) is 6.16 Å². The smallest absolute Gasteiger partial charge is 0.00384 e. The topological polar surface area (TPSA) is 0 Å². The van der Waals surface area contributed by atoms with Crippen molar-refractivity contribution in [3.63, 3.8) is 0 Å². The summed E-state index contributed by atoms with van der Waals surface area (Å²) in [6.07, 6.45) is 4.03. The minimum atomic E-state index is 0. The Kier molecular flexibility index (Phi) is 7.26. The average Bonchev–Trinajstić information content (AvgIpc) is 2.53. The van der Waals surface area contributed by atoms with Crippen molar-refractivity contribution in [3.05, 3.63) is 47.3 Å². The molecule has 0 saturated heterocycles. The summed E-state index contributed by atoms with van der Waals surface area (Å²) in [6.45, 7) is 2.26. The Bertz CT molecular complexity index is 309. The summed E-state index contributed by atoms with van der Waals surface area (Å²) in [5.74, 6) is 2.50. The van der Waals surface area contributed by atoms with Crippen molar-refractivity contribution in [2.24, 2.45) is 0 Å². The number of halogens is 2. The molecule has 84 valence electrons. The minimum Gasteiger partial charge on any atom is -0.147 e. The molecule has 1 aromatic rings. The highest BCUT2D eigenvalue weighted by atomic mass is 35.5. The standard InChI is InChI=1S/C12H15P.2ClH/c1-11-7-8-13(9-11)10-12-5-3-2-4-6-12;;/h2-6,9H,7-8,10H2,1H3;2*1H. The molecule has 1 heterocycles. The van der Waals surface area contributed by atoms with Gasteiger partial charge in [-0.15, -0.1) is 24.8 Å². The second-order valence-electron chi connectivity index (χ2n) is 3.68. The zero-order valence-corrected chi connectivity index (χ0v) is 11.4. The van der Waals surface area contributed by atoms with Gasteiger partial charge in [0.1, 0.15) is 0 Å². The summed E-state index contributed by atoms with van der Waals surface area (Å²) in [5.41, 5.74) is 3.10. The third-order valence-corrected chi connectivity index (χ3v) is 4.80.